The molecule has 0 aliphatic rings. The van der Waals surface area contributed by atoms with Crippen LogP contribution in [-0.4, -0.2) is 23.9 Å². The summed E-state index contributed by atoms with van der Waals surface area (Å²) >= 11 is 0. The van der Waals surface area contributed by atoms with E-state index < -0.39 is 0 Å². The van der Waals surface area contributed by atoms with Gasteiger partial charge in [0.2, 0.25) is 0 Å². The lowest BCUT2D eigenvalue weighted by Gasteiger charge is -2.34. The Morgan fingerprint density at radius 3 is 2.47 bits per heavy atom. The Hall–Kier alpha value is -1.29. The second-order valence-corrected chi connectivity index (χ2v) is 5.43. The van der Waals surface area contributed by atoms with E-state index in [0.29, 0.717) is 18.1 Å². The van der Waals surface area contributed by atoms with Crippen LogP contribution in [0.25, 0.3) is 0 Å². The number of furan rings is 1. The Kier molecular flexibility index (Phi) is 3.98. The largest absolute Gasteiger partial charge is 0.455 e. The summed E-state index contributed by atoms with van der Waals surface area (Å²) in [5.41, 5.74) is 5.49. The van der Waals surface area contributed by atoms with Gasteiger partial charge in [-0.25, -0.2) is 0 Å². The normalized spacial score (nSPS) is 13.5. The maximum atomic E-state index is 12.2. The van der Waals surface area contributed by atoms with Crippen molar-refractivity contribution in [1.29, 1.82) is 0 Å². The molecule has 0 saturated heterocycles. The van der Waals surface area contributed by atoms with E-state index in [2.05, 4.69) is 20.8 Å². The van der Waals surface area contributed by atoms with Crippen molar-refractivity contribution in [3.63, 3.8) is 0 Å². The Labute approximate surface area is 103 Å². The van der Waals surface area contributed by atoms with Gasteiger partial charge in [0.15, 0.2) is 5.76 Å². The molecule has 17 heavy (non-hydrogen) atoms. The minimum absolute atomic E-state index is 0.0354. The van der Waals surface area contributed by atoms with Crippen LogP contribution in [0.5, 0.6) is 0 Å². The van der Waals surface area contributed by atoms with Crippen LogP contribution in [0.4, 0.5) is 0 Å². The number of amides is 1. The molecule has 0 aliphatic heterocycles. The molecule has 1 aromatic heterocycles. The van der Waals surface area contributed by atoms with Gasteiger partial charge in [0.05, 0.1) is 6.54 Å². The molecule has 2 N–H and O–H groups in total. The topological polar surface area (TPSA) is 59.5 Å². The summed E-state index contributed by atoms with van der Waals surface area (Å²) in [5.74, 6) is 0.876. The summed E-state index contributed by atoms with van der Waals surface area (Å²) in [5, 5.41) is 0. The Morgan fingerprint density at radius 1 is 1.47 bits per heavy atom. The van der Waals surface area contributed by atoms with Gasteiger partial charge in [-0.1, -0.05) is 20.8 Å². The SMILES string of the molecule is CC(N(C)C(=O)c1ccc(CN)o1)C(C)(C)C. The monoisotopic (exact) mass is 238 g/mol. The Bertz CT molecular complexity index is 390. The van der Waals surface area contributed by atoms with Gasteiger partial charge in [-0.2, -0.15) is 0 Å². The number of carbonyl (C=O) groups is 1. The smallest absolute Gasteiger partial charge is 0.289 e. The number of hydrogen-bond donors (Lipinski definition) is 1. The maximum Gasteiger partial charge on any atom is 0.289 e. The van der Waals surface area contributed by atoms with E-state index >= 15 is 0 Å². The molecule has 4 nitrogen and oxygen atoms in total. The number of carbonyl (C=O) groups excluding carboxylic acids is 1. The molecule has 96 valence electrons. The van der Waals surface area contributed by atoms with Crippen LogP contribution in [0, 0.1) is 5.41 Å². The van der Waals surface area contributed by atoms with Gasteiger partial charge >= 0.3 is 0 Å². The van der Waals surface area contributed by atoms with Crippen LogP contribution in [-0.2, 0) is 6.54 Å². The van der Waals surface area contributed by atoms with Crippen molar-refractivity contribution in [2.75, 3.05) is 7.05 Å². The second-order valence-electron chi connectivity index (χ2n) is 5.43. The van der Waals surface area contributed by atoms with Crippen molar-refractivity contribution in [2.45, 2.75) is 40.3 Å². The molecule has 0 radical (unpaired) electrons. The predicted molar refractivity (Wildman–Crippen MR) is 67.6 cm³/mol. The summed E-state index contributed by atoms with van der Waals surface area (Å²) in [6.45, 7) is 8.66. The highest BCUT2D eigenvalue weighted by atomic mass is 16.4. The first kappa shape index (κ1) is 13.8. The fourth-order valence-electron chi connectivity index (χ4n) is 1.53. The van der Waals surface area contributed by atoms with Gasteiger partial charge in [-0.3, -0.25) is 4.79 Å². The minimum Gasteiger partial charge on any atom is -0.455 e. The molecule has 0 fully saturated rings. The highest BCUT2D eigenvalue weighted by molar-refractivity contribution is 5.91. The minimum atomic E-state index is -0.105. The highest BCUT2D eigenvalue weighted by Gasteiger charge is 2.28. The zero-order valence-electron chi connectivity index (χ0n) is 11.3. The van der Waals surface area contributed by atoms with E-state index in [1.54, 1.807) is 24.1 Å². The maximum absolute atomic E-state index is 12.2. The van der Waals surface area contributed by atoms with Crippen LogP contribution in [0.1, 0.15) is 44.0 Å². The zero-order chi connectivity index (χ0) is 13.2. The van der Waals surface area contributed by atoms with Gasteiger partial charge < -0.3 is 15.1 Å². The van der Waals surface area contributed by atoms with E-state index in [-0.39, 0.29) is 17.4 Å². The quantitative estimate of drug-likeness (QED) is 0.878. The number of nitrogens with zero attached hydrogens (tertiary/aromatic N) is 1. The number of hydrogen-bond acceptors (Lipinski definition) is 3. The van der Waals surface area contributed by atoms with Crippen molar-refractivity contribution in [2.24, 2.45) is 11.1 Å². The highest BCUT2D eigenvalue weighted by Crippen LogP contribution is 2.24. The second kappa shape index (κ2) is 4.92. The fourth-order valence-corrected chi connectivity index (χ4v) is 1.53. The van der Waals surface area contributed by atoms with Gasteiger partial charge in [-0.15, -0.1) is 0 Å². The van der Waals surface area contributed by atoms with Crippen LogP contribution >= 0.6 is 0 Å². The van der Waals surface area contributed by atoms with Crippen molar-refractivity contribution in [1.82, 2.24) is 4.90 Å². The van der Waals surface area contributed by atoms with Gasteiger partial charge in [0.1, 0.15) is 5.76 Å². The van der Waals surface area contributed by atoms with E-state index in [0.717, 1.165) is 0 Å². The van der Waals surface area contributed by atoms with Crippen LogP contribution in [0.3, 0.4) is 0 Å². The summed E-state index contributed by atoms with van der Waals surface area (Å²) in [4.78, 5) is 13.9. The molecule has 0 aromatic carbocycles. The molecule has 0 aliphatic carbocycles. The van der Waals surface area contributed by atoms with Crippen molar-refractivity contribution in [3.05, 3.63) is 23.7 Å². The third-order valence-corrected chi connectivity index (χ3v) is 3.23. The molecule has 0 saturated carbocycles. The third kappa shape index (κ3) is 3.09. The predicted octanol–water partition coefficient (Wildman–Crippen LogP) is 2.24. The average molecular weight is 238 g/mol. The Morgan fingerprint density at radius 2 is 2.06 bits per heavy atom. The fraction of sp³-hybridized carbons (Fsp3) is 0.615. The zero-order valence-corrected chi connectivity index (χ0v) is 11.3. The first-order valence-electron chi connectivity index (χ1n) is 5.83. The van der Waals surface area contributed by atoms with E-state index in [4.69, 9.17) is 10.2 Å². The summed E-state index contributed by atoms with van der Waals surface area (Å²) < 4.78 is 5.36. The molecule has 4 heteroatoms. The third-order valence-electron chi connectivity index (χ3n) is 3.23. The molecule has 0 bridgehead atoms. The molecule has 0 spiro atoms. The van der Waals surface area contributed by atoms with Crippen molar-refractivity contribution < 1.29 is 9.21 Å². The first-order valence-corrected chi connectivity index (χ1v) is 5.83. The molecule has 1 rings (SSSR count). The molecular weight excluding hydrogens is 216 g/mol. The van der Waals surface area contributed by atoms with Crippen LogP contribution in [0.15, 0.2) is 16.5 Å². The number of nitrogens with two attached hydrogens (primary N) is 1. The lowest BCUT2D eigenvalue weighted by Crippen LogP contribution is -2.42. The summed E-state index contributed by atoms with van der Waals surface area (Å²) in [7, 11) is 1.79. The van der Waals surface area contributed by atoms with E-state index in [1.165, 1.54) is 0 Å². The van der Waals surface area contributed by atoms with Crippen molar-refractivity contribution >= 4 is 5.91 Å². The lowest BCUT2D eigenvalue weighted by molar-refractivity contribution is 0.0596. The first-order chi connectivity index (χ1) is 7.77. The molecule has 1 heterocycles. The molecule has 1 unspecified atom stereocenters. The number of rotatable bonds is 3. The summed E-state index contributed by atoms with van der Waals surface area (Å²) in [6, 6.07) is 3.54. The molecule has 1 aromatic rings. The molecular formula is C13H22N2O2. The van der Waals surface area contributed by atoms with E-state index in [9.17, 15) is 4.79 Å². The molecule has 1 atom stereocenters. The lowest BCUT2D eigenvalue weighted by atomic mass is 9.87. The van der Waals surface area contributed by atoms with Crippen LogP contribution in [0.2, 0.25) is 0 Å². The Balaban J connectivity index is 2.83. The standard InChI is InChI=1S/C13H22N2O2/c1-9(13(2,3)4)15(5)12(16)11-7-6-10(8-14)17-11/h6-7,9H,8,14H2,1-5H3. The van der Waals surface area contributed by atoms with Crippen molar-refractivity contribution in [3.8, 4) is 0 Å². The summed E-state index contributed by atoms with van der Waals surface area (Å²) in [6.07, 6.45) is 0. The van der Waals surface area contributed by atoms with Gasteiger partial charge in [0.25, 0.3) is 5.91 Å². The average Bonchev–Trinajstić information content (AvgIpc) is 2.73. The van der Waals surface area contributed by atoms with Gasteiger partial charge in [-0.05, 0) is 24.5 Å². The van der Waals surface area contributed by atoms with Gasteiger partial charge in [0, 0.05) is 13.1 Å². The van der Waals surface area contributed by atoms with E-state index in [1.807, 2.05) is 6.92 Å². The molecule has 1 amide bonds. The van der Waals surface area contributed by atoms with Crippen LogP contribution < -0.4 is 5.73 Å².